The maximum absolute atomic E-state index is 6.27. The number of pyridine rings is 1. The van der Waals surface area contributed by atoms with Crippen molar-refractivity contribution >= 4 is 11.3 Å². The van der Waals surface area contributed by atoms with Gasteiger partial charge in [-0.3, -0.25) is 4.98 Å². The number of thiophene rings is 1. The monoisotopic (exact) mass is 244 g/mol. The summed E-state index contributed by atoms with van der Waals surface area (Å²) in [5, 5.41) is 0. The SMILES string of the molecule is NC(Cc1cccnc1)c1cc2c(s1)CCC2. The molecule has 0 amide bonds. The molecule has 2 aromatic rings. The smallest absolute Gasteiger partial charge is 0.0431 e. The molecule has 2 nitrogen and oxygen atoms in total. The Bertz CT molecular complexity index is 483. The van der Waals surface area contributed by atoms with Gasteiger partial charge in [0.05, 0.1) is 0 Å². The molecule has 0 radical (unpaired) electrons. The Balaban J connectivity index is 1.75. The fraction of sp³-hybridized carbons (Fsp3) is 0.357. The Labute approximate surface area is 106 Å². The summed E-state index contributed by atoms with van der Waals surface area (Å²) in [7, 11) is 0. The fourth-order valence-electron chi connectivity index (χ4n) is 2.41. The van der Waals surface area contributed by atoms with Crippen molar-refractivity contribution in [2.24, 2.45) is 5.73 Å². The second-order valence-electron chi connectivity index (χ2n) is 4.62. The van der Waals surface area contributed by atoms with E-state index in [2.05, 4.69) is 17.1 Å². The number of aryl methyl sites for hydroxylation is 2. The first-order valence-electron chi connectivity index (χ1n) is 6.09. The van der Waals surface area contributed by atoms with Crippen LogP contribution < -0.4 is 5.73 Å². The zero-order chi connectivity index (χ0) is 11.7. The van der Waals surface area contributed by atoms with E-state index in [1.54, 1.807) is 11.1 Å². The van der Waals surface area contributed by atoms with Gasteiger partial charge in [0.25, 0.3) is 0 Å². The van der Waals surface area contributed by atoms with Crippen molar-refractivity contribution in [3.63, 3.8) is 0 Å². The van der Waals surface area contributed by atoms with E-state index in [0.29, 0.717) is 0 Å². The topological polar surface area (TPSA) is 38.9 Å². The van der Waals surface area contributed by atoms with E-state index in [4.69, 9.17) is 5.73 Å². The fourth-order valence-corrected chi connectivity index (χ4v) is 3.67. The average Bonchev–Trinajstić information content (AvgIpc) is 2.90. The predicted molar refractivity (Wildman–Crippen MR) is 71.2 cm³/mol. The van der Waals surface area contributed by atoms with Crippen molar-refractivity contribution in [2.45, 2.75) is 31.7 Å². The molecule has 0 spiro atoms. The minimum atomic E-state index is 0.120. The van der Waals surface area contributed by atoms with Gasteiger partial charge in [-0.05, 0) is 48.9 Å². The number of hydrogen-bond acceptors (Lipinski definition) is 3. The first kappa shape index (κ1) is 10.9. The summed E-state index contributed by atoms with van der Waals surface area (Å²) in [4.78, 5) is 7.02. The lowest BCUT2D eigenvalue weighted by Crippen LogP contribution is -2.11. The molecule has 2 N–H and O–H groups in total. The molecular weight excluding hydrogens is 228 g/mol. The Hall–Kier alpha value is -1.19. The zero-order valence-corrected chi connectivity index (χ0v) is 10.5. The number of rotatable bonds is 3. The molecule has 3 heteroatoms. The molecule has 1 aliphatic carbocycles. The van der Waals surface area contributed by atoms with Gasteiger partial charge in [-0.1, -0.05) is 6.07 Å². The van der Waals surface area contributed by atoms with Crippen LogP contribution in [-0.4, -0.2) is 4.98 Å². The third-order valence-electron chi connectivity index (χ3n) is 3.31. The Kier molecular flexibility index (Phi) is 2.95. The molecule has 2 heterocycles. The molecule has 0 fully saturated rings. The number of aromatic nitrogens is 1. The molecule has 2 aromatic heterocycles. The summed E-state index contributed by atoms with van der Waals surface area (Å²) in [5.41, 5.74) is 9.02. The van der Waals surface area contributed by atoms with Gasteiger partial charge >= 0.3 is 0 Å². The third kappa shape index (κ3) is 2.26. The normalized spacial score (nSPS) is 15.8. The van der Waals surface area contributed by atoms with E-state index < -0.39 is 0 Å². The highest BCUT2D eigenvalue weighted by atomic mass is 32.1. The van der Waals surface area contributed by atoms with E-state index in [9.17, 15) is 0 Å². The van der Waals surface area contributed by atoms with E-state index >= 15 is 0 Å². The van der Waals surface area contributed by atoms with E-state index in [1.165, 1.54) is 35.3 Å². The highest BCUT2D eigenvalue weighted by Crippen LogP contribution is 2.33. The number of nitrogens with zero attached hydrogens (tertiary/aromatic N) is 1. The largest absolute Gasteiger partial charge is 0.323 e. The van der Waals surface area contributed by atoms with Gasteiger partial charge in [0.15, 0.2) is 0 Å². The van der Waals surface area contributed by atoms with Gasteiger partial charge in [-0.15, -0.1) is 11.3 Å². The van der Waals surface area contributed by atoms with Crippen LogP contribution in [0.25, 0.3) is 0 Å². The van der Waals surface area contributed by atoms with E-state index in [0.717, 1.165) is 6.42 Å². The molecule has 3 rings (SSSR count). The first-order valence-corrected chi connectivity index (χ1v) is 6.90. The van der Waals surface area contributed by atoms with E-state index in [1.807, 2.05) is 23.6 Å². The molecule has 0 aliphatic heterocycles. The standard InChI is InChI=1S/C14H16N2S/c15-12(7-10-3-2-6-16-9-10)14-8-11-4-1-5-13(11)17-14/h2-3,6,8-9,12H,1,4-5,7,15H2. The van der Waals surface area contributed by atoms with Crippen LogP contribution in [0.2, 0.25) is 0 Å². The Morgan fingerprint density at radius 3 is 3.12 bits per heavy atom. The van der Waals surface area contributed by atoms with Gasteiger partial charge in [-0.25, -0.2) is 0 Å². The highest BCUT2D eigenvalue weighted by Gasteiger charge is 2.18. The van der Waals surface area contributed by atoms with Crippen molar-refractivity contribution in [1.29, 1.82) is 0 Å². The molecule has 0 saturated carbocycles. The maximum Gasteiger partial charge on any atom is 0.0431 e. The summed E-state index contributed by atoms with van der Waals surface area (Å²) in [6.07, 6.45) is 8.40. The van der Waals surface area contributed by atoms with Gasteiger partial charge in [0.1, 0.15) is 0 Å². The number of fused-ring (bicyclic) bond motifs is 1. The maximum atomic E-state index is 6.27. The van der Waals surface area contributed by atoms with Crippen LogP contribution in [0.15, 0.2) is 30.6 Å². The molecule has 17 heavy (non-hydrogen) atoms. The Morgan fingerprint density at radius 1 is 1.41 bits per heavy atom. The van der Waals surface area contributed by atoms with Crippen molar-refractivity contribution in [1.82, 2.24) is 4.98 Å². The lowest BCUT2D eigenvalue weighted by molar-refractivity contribution is 0.732. The summed E-state index contributed by atoms with van der Waals surface area (Å²) < 4.78 is 0. The van der Waals surface area contributed by atoms with Crippen molar-refractivity contribution in [2.75, 3.05) is 0 Å². The molecule has 0 saturated heterocycles. The minimum absolute atomic E-state index is 0.120. The second kappa shape index (κ2) is 4.59. The van der Waals surface area contributed by atoms with Crippen molar-refractivity contribution in [3.05, 3.63) is 51.5 Å². The second-order valence-corrected chi connectivity index (χ2v) is 5.79. The summed E-state index contributed by atoms with van der Waals surface area (Å²) in [6, 6.07) is 6.49. The van der Waals surface area contributed by atoms with Crippen molar-refractivity contribution < 1.29 is 0 Å². The lowest BCUT2D eigenvalue weighted by Gasteiger charge is -2.09. The average molecular weight is 244 g/mol. The summed E-state index contributed by atoms with van der Waals surface area (Å²) in [6.45, 7) is 0. The van der Waals surface area contributed by atoms with Crippen LogP contribution in [0.5, 0.6) is 0 Å². The van der Waals surface area contributed by atoms with Crippen molar-refractivity contribution in [3.8, 4) is 0 Å². The van der Waals surface area contributed by atoms with Crippen LogP contribution in [0.1, 0.15) is 33.3 Å². The molecule has 1 atom stereocenters. The van der Waals surface area contributed by atoms with Crippen LogP contribution in [0.4, 0.5) is 0 Å². The molecule has 0 bridgehead atoms. The first-order chi connectivity index (χ1) is 8.33. The summed E-state index contributed by atoms with van der Waals surface area (Å²) in [5.74, 6) is 0. The number of nitrogens with two attached hydrogens (primary N) is 1. The zero-order valence-electron chi connectivity index (χ0n) is 9.73. The molecule has 1 unspecified atom stereocenters. The molecular formula is C14H16N2S. The lowest BCUT2D eigenvalue weighted by atomic mass is 10.1. The molecule has 1 aliphatic rings. The third-order valence-corrected chi connectivity index (χ3v) is 4.68. The molecule has 0 aromatic carbocycles. The Morgan fingerprint density at radius 2 is 2.35 bits per heavy atom. The summed E-state index contributed by atoms with van der Waals surface area (Å²) >= 11 is 1.90. The molecule has 88 valence electrons. The van der Waals surface area contributed by atoms with Crippen LogP contribution in [0, 0.1) is 0 Å². The van der Waals surface area contributed by atoms with E-state index in [-0.39, 0.29) is 6.04 Å². The van der Waals surface area contributed by atoms with Crippen LogP contribution >= 0.6 is 11.3 Å². The highest BCUT2D eigenvalue weighted by molar-refractivity contribution is 7.12. The van der Waals surface area contributed by atoms with Gasteiger partial charge in [-0.2, -0.15) is 0 Å². The van der Waals surface area contributed by atoms with Gasteiger partial charge in [0.2, 0.25) is 0 Å². The van der Waals surface area contributed by atoms with Crippen LogP contribution in [-0.2, 0) is 19.3 Å². The quantitative estimate of drug-likeness (QED) is 0.901. The van der Waals surface area contributed by atoms with Gasteiger partial charge < -0.3 is 5.73 Å². The predicted octanol–water partition coefficient (Wildman–Crippen LogP) is 2.87. The number of hydrogen-bond donors (Lipinski definition) is 1. The van der Waals surface area contributed by atoms with Gasteiger partial charge in [0, 0.05) is 28.2 Å². The van der Waals surface area contributed by atoms with Crippen LogP contribution in [0.3, 0.4) is 0 Å². The minimum Gasteiger partial charge on any atom is -0.323 e.